The van der Waals surface area contributed by atoms with E-state index in [9.17, 15) is 0 Å². The number of nitrogens with one attached hydrogen (secondary N) is 1. The van der Waals surface area contributed by atoms with Crippen LogP contribution in [0.3, 0.4) is 0 Å². The molecule has 3 heterocycles. The van der Waals surface area contributed by atoms with Crippen LogP contribution in [0.15, 0.2) is 66.2 Å². The lowest BCUT2D eigenvalue weighted by Gasteiger charge is -2.24. The van der Waals surface area contributed by atoms with Crippen molar-refractivity contribution in [2.45, 2.75) is 6.17 Å². The highest BCUT2D eigenvalue weighted by molar-refractivity contribution is 5.88. The molecule has 102 valence electrons. The molecule has 5 nitrogen and oxygen atoms in total. The summed E-state index contributed by atoms with van der Waals surface area (Å²) in [6.45, 7) is 0. The second kappa shape index (κ2) is 4.86. The predicted octanol–water partition coefficient (Wildman–Crippen LogP) is 2.68. The molecular formula is C16H13N5. The Morgan fingerprint density at radius 3 is 2.81 bits per heavy atom. The molecule has 1 aromatic carbocycles. The van der Waals surface area contributed by atoms with Gasteiger partial charge >= 0.3 is 0 Å². The largest absolute Gasteiger partial charge is 0.305 e. The lowest BCUT2D eigenvalue weighted by Crippen LogP contribution is -2.28. The van der Waals surface area contributed by atoms with Crippen LogP contribution < -0.4 is 10.3 Å². The molecular weight excluding hydrogens is 262 g/mol. The number of hydrazone groups is 1. The van der Waals surface area contributed by atoms with Crippen LogP contribution in [-0.4, -0.2) is 16.3 Å². The first-order valence-electron chi connectivity index (χ1n) is 6.73. The number of rotatable bonds is 2. The molecule has 21 heavy (non-hydrogen) atoms. The molecule has 0 saturated heterocycles. The summed E-state index contributed by atoms with van der Waals surface area (Å²) in [5.41, 5.74) is 6.31. The van der Waals surface area contributed by atoms with Gasteiger partial charge in [-0.25, -0.2) is 0 Å². The molecule has 0 amide bonds. The lowest BCUT2D eigenvalue weighted by atomic mass is 10.1. The lowest BCUT2D eigenvalue weighted by molar-refractivity contribution is 0.616. The molecule has 1 aliphatic rings. The zero-order chi connectivity index (χ0) is 14.1. The normalized spacial score (nSPS) is 17.1. The first kappa shape index (κ1) is 11.8. The van der Waals surface area contributed by atoms with E-state index in [0.29, 0.717) is 0 Å². The van der Waals surface area contributed by atoms with Crippen LogP contribution in [0.25, 0.3) is 10.9 Å². The minimum absolute atomic E-state index is 0.0119. The average molecular weight is 275 g/mol. The van der Waals surface area contributed by atoms with Crippen molar-refractivity contribution in [3.8, 4) is 0 Å². The van der Waals surface area contributed by atoms with E-state index in [1.807, 2.05) is 30.6 Å². The van der Waals surface area contributed by atoms with E-state index < -0.39 is 0 Å². The first-order chi connectivity index (χ1) is 10.4. The standard InChI is InChI=1S/C16H13N5/c1-2-13-10-14(3-4-15(13)18-7-1)21-11-19-20-16(21)12-5-8-17-9-6-12/h1-11,16,20H. The van der Waals surface area contributed by atoms with Crippen LogP contribution in [0.5, 0.6) is 0 Å². The number of hydrogen-bond acceptors (Lipinski definition) is 5. The van der Waals surface area contributed by atoms with Gasteiger partial charge in [0.25, 0.3) is 0 Å². The quantitative estimate of drug-likeness (QED) is 0.781. The van der Waals surface area contributed by atoms with E-state index in [4.69, 9.17) is 0 Å². The van der Waals surface area contributed by atoms with Crippen molar-refractivity contribution < 1.29 is 0 Å². The Morgan fingerprint density at radius 1 is 1.00 bits per heavy atom. The Balaban J connectivity index is 1.74. The molecule has 0 bridgehead atoms. The van der Waals surface area contributed by atoms with Gasteiger partial charge in [-0.2, -0.15) is 5.10 Å². The van der Waals surface area contributed by atoms with Crippen molar-refractivity contribution in [1.82, 2.24) is 15.4 Å². The highest BCUT2D eigenvalue weighted by Gasteiger charge is 2.23. The van der Waals surface area contributed by atoms with E-state index >= 15 is 0 Å². The fraction of sp³-hybridized carbons (Fsp3) is 0.0625. The Kier molecular flexibility index (Phi) is 2.74. The van der Waals surface area contributed by atoms with Crippen molar-refractivity contribution in [3.63, 3.8) is 0 Å². The maximum Gasteiger partial charge on any atom is 0.146 e. The summed E-state index contributed by atoms with van der Waals surface area (Å²) < 4.78 is 0. The highest BCUT2D eigenvalue weighted by Crippen LogP contribution is 2.28. The second-order valence-corrected chi connectivity index (χ2v) is 4.84. The average Bonchev–Trinajstić information content (AvgIpc) is 3.05. The smallest absolute Gasteiger partial charge is 0.146 e. The van der Waals surface area contributed by atoms with Crippen molar-refractivity contribution in [2.75, 3.05) is 4.90 Å². The number of pyridine rings is 2. The Bertz CT molecular complexity index is 800. The van der Waals surface area contributed by atoms with Gasteiger partial charge in [0.05, 0.1) is 5.52 Å². The number of fused-ring (bicyclic) bond motifs is 1. The van der Waals surface area contributed by atoms with Gasteiger partial charge in [-0.05, 0) is 42.0 Å². The molecule has 1 aliphatic heterocycles. The molecule has 0 fully saturated rings. The summed E-state index contributed by atoms with van der Waals surface area (Å²) in [6, 6.07) is 14.2. The van der Waals surface area contributed by atoms with Crippen LogP contribution in [0.1, 0.15) is 11.7 Å². The number of benzene rings is 1. The van der Waals surface area contributed by atoms with Gasteiger partial charge in [0.1, 0.15) is 12.5 Å². The second-order valence-electron chi connectivity index (χ2n) is 4.84. The van der Waals surface area contributed by atoms with Crippen LogP contribution >= 0.6 is 0 Å². The molecule has 5 heteroatoms. The number of anilines is 1. The third-order valence-corrected chi connectivity index (χ3v) is 3.56. The third-order valence-electron chi connectivity index (χ3n) is 3.56. The molecule has 2 aromatic heterocycles. The van der Waals surface area contributed by atoms with Crippen molar-refractivity contribution >= 4 is 22.9 Å². The van der Waals surface area contributed by atoms with Gasteiger partial charge < -0.3 is 4.90 Å². The minimum atomic E-state index is -0.0119. The van der Waals surface area contributed by atoms with Crippen molar-refractivity contribution in [3.05, 3.63) is 66.6 Å². The summed E-state index contributed by atoms with van der Waals surface area (Å²) in [6.07, 6.45) is 7.18. The minimum Gasteiger partial charge on any atom is -0.305 e. The Hall–Kier alpha value is -2.95. The molecule has 0 spiro atoms. The molecule has 1 atom stereocenters. The van der Waals surface area contributed by atoms with Crippen LogP contribution in [0.4, 0.5) is 5.69 Å². The van der Waals surface area contributed by atoms with E-state index in [0.717, 1.165) is 22.2 Å². The topological polar surface area (TPSA) is 53.4 Å². The van der Waals surface area contributed by atoms with Crippen molar-refractivity contribution in [1.29, 1.82) is 0 Å². The fourth-order valence-corrected chi connectivity index (χ4v) is 2.52. The van der Waals surface area contributed by atoms with Gasteiger partial charge in [-0.15, -0.1) is 0 Å². The summed E-state index contributed by atoms with van der Waals surface area (Å²) in [5, 5.41) is 5.31. The third kappa shape index (κ3) is 2.08. The monoisotopic (exact) mass is 275 g/mol. The van der Waals surface area contributed by atoms with E-state index in [2.05, 4.69) is 43.6 Å². The number of hydrogen-bond donors (Lipinski definition) is 1. The number of aromatic nitrogens is 2. The molecule has 0 saturated carbocycles. The van der Waals surface area contributed by atoms with E-state index in [-0.39, 0.29) is 6.17 Å². The Labute approximate surface area is 122 Å². The van der Waals surface area contributed by atoms with Gasteiger partial charge in [0, 0.05) is 29.7 Å². The van der Waals surface area contributed by atoms with E-state index in [1.54, 1.807) is 18.6 Å². The summed E-state index contributed by atoms with van der Waals surface area (Å²) in [4.78, 5) is 10.5. The van der Waals surface area contributed by atoms with Crippen LogP contribution in [0.2, 0.25) is 0 Å². The summed E-state index contributed by atoms with van der Waals surface area (Å²) in [7, 11) is 0. The zero-order valence-electron chi connectivity index (χ0n) is 11.2. The van der Waals surface area contributed by atoms with E-state index in [1.165, 1.54) is 0 Å². The van der Waals surface area contributed by atoms with Gasteiger partial charge in [0.2, 0.25) is 0 Å². The number of nitrogens with zero attached hydrogens (tertiary/aromatic N) is 4. The fourth-order valence-electron chi connectivity index (χ4n) is 2.52. The van der Waals surface area contributed by atoms with Crippen LogP contribution in [-0.2, 0) is 0 Å². The first-order valence-corrected chi connectivity index (χ1v) is 6.73. The SMILES string of the molecule is C1=NNC(c2ccncc2)N1c1ccc2ncccc2c1. The van der Waals surface area contributed by atoms with Crippen molar-refractivity contribution in [2.24, 2.45) is 5.10 Å². The molecule has 1 unspecified atom stereocenters. The molecule has 3 aromatic rings. The molecule has 0 aliphatic carbocycles. The maximum atomic E-state index is 4.35. The molecule has 1 N–H and O–H groups in total. The summed E-state index contributed by atoms with van der Waals surface area (Å²) >= 11 is 0. The van der Waals surface area contributed by atoms with Gasteiger partial charge in [-0.3, -0.25) is 15.4 Å². The zero-order valence-corrected chi connectivity index (χ0v) is 11.2. The Morgan fingerprint density at radius 2 is 1.90 bits per heavy atom. The summed E-state index contributed by atoms with van der Waals surface area (Å²) in [5.74, 6) is 0. The molecule has 4 rings (SSSR count). The highest BCUT2D eigenvalue weighted by atomic mass is 15.5. The van der Waals surface area contributed by atoms with Gasteiger partial charge in [-0.1, -0.05) is 6.07 Å². The maximum absolute atomic E-state index is 4.35. The predicted molar refractivity (Wildman–Crippen MR) is 82.8 cm³/mol. The molecule has 0 radical (unpaired) electrons. The van der Waals surface area contributed by atoms with Crippen LogP contribution in [0, 0.1) is 0 Å². The van der Waals surface area contributed by atoms with Gasteiger partial charge in [0.15, 0.2) is 0 Å².